The second-order valence-corrected chi connectivity index (χ2v) is 2.68. The van der Waals surface area contributed by atoms with Crippen LogP contribution in [0.4, 0.5) is 0 Å². The van der Waals surface area contributed by atoms with Crippen molar-refractivity contribution in [3.63, 3.8) is 0 Å². The summed E-state index contributed by atoms with van der Waals surface area (Å²) in [6, 6.07) is 10.2. The van der Waals surface area contributed by atoms with Gasteiger partial charge in [-0.05, 0) is 0 Å². The number of benzene rings is 1. The quantitative estimate of drug-likeness (QED) is 0.609. The van der Waals surface area contributed by atoms with Crippen LogP contribution in [0.2, 0.25) is 0 Å². The van der Waals surface area contributed by atoms with E-state index in [9.17, 15) is 0 Å². The van der Waals surface area contributed by atoms with E-state index in [1.165, 1.54) is 5.56 Å². The van der Waals surface area contributed by atoms with Crippen molar-refractivity contribution in [3.8, 4) is 0 Å². The SMILES string of the molecule is CO[Cl+]Cc1ccccc1. The van der Waals surface area contributed by atoms with Crippen LogP contribution in [0.3, 0.4) is 0 Å². The van der Waals surface area contributed by atoms with Gasteiger partial charge in [-0.3, -0.25) is 0 Å². The zero-order chi connectivity index (χ0) is 7.23. The molecule has 0 saturated heterocycles. The fraction of sp³-hybridized carbons (Fsp3) is 0.250. The van der Waals surface area contributed by atoms with Crippen LogP contribution in [-0.4, -0.2) is 7.11 Å². The van der Waals surface area contributed by atoms with Crippen molar-refractivity contribution in [2.75, 3.05) is 7.11 Å². The average Bonchev–Trinajstić information content (AvgIpc) is 2.03. The van der Waals surface area contributed by atoms with E-state index in [-0.39, 0.29) is 0 Å². The summed E-state index contributed by atoms with van der Waals surface area (Å²) in [4.78, 5) is 0. The predicted molar refractivity (Wildman–Crippen MR) is 37.2 cm³/mol. The lowest BCUT2D eigenvalue weighted by Crippen LogP contribution is -1.87. The van der Waals surface area contributed by atoms with Gasteiger partial charge in [-0.15, -0.1) is 4.29 Å². The molecule has 0 atom stereocenters. The maximum absolute atomic E-state index is 4.81. The second-order valence-electron chi connectivity index (χ2n) is 1.88. The first kappa shape index (κ1) is 7.58. The summed E-state index contributed by atoms with van der Waals surface area (Å²) in [6.07, 6.45) is 0. The van der Waals surface area contributed by atoms with Gasteiger partial charge in [-0.2, -0.15) is 0 Å². The Morgan fingerprint density at radius 1 is 1.30 bits per heavy atom. The Labute approximate surface area is 64.9 Å². The molecule has 0 aliphatic carbocycles. The molecule has 1 aromatic rings. The summed E-state index contributed by atoms with van der Waals surface area (Å²) in [5, 5.41) is 0. The Kier molecular flexibility index (Phi) is 3.27. The van der Waals surface area contributed by atoms with Crippen LogP contribution < -0.4 is 0 Å². The second kappa shape index (κ2) is 4.31. The highest BCUT2D eigenvalue weighted by atomic mass is 35.5. The number of hydrogen-bond donors (Lipinski definition) is 0. The third-order valence-corrected chi connectivity index (χ3v) is 1.80. The number of rotatable bonds is 3. The monoisotopic (exact) mass is 157 g/mol. The van der Waals surface area contributed by atoms with E-state index in [1.54, 1.807) is 7.11 Å². The van der Waals surface area contributed by atoms with Gasteiger partial charge in [0, 0.05) is 5.56 Å². The fourth-order valence-electron chi connectivity index (χ4n) is 0.685. The minimum atomic E-state index is 0.872. The Morgan fingerprint density at radius 3 is 2.60 bits per heavy atom. The maximum Gasteiger partial charge on any atom is 0.337 e. The van der Waals surface area contributed by atoms with Crippen LogP contribution in [-0.2, 0) is 10.2 Å². The summed E-state index contributed by atoms with van der Waals surface area (Å²) in [5.41, 5.74) is 1.28. The zero-order valence-electron chi connectivity index (χ0n) is 5.88. The fourth-order valence-corrected chi connectivity index (χ4v) is 1.10. The number of hydrogen-bond acceptors (Lipinski definition) is 1. The summed E-state index contributed by atoms with van der Waals surface area (Å²) in [6.45, 7) is 0. The summed E-state index contributed by atoms with van der Waals surface area (Å²) in [7, 11) is 1.66. The molecular formula is C8H10ClO+. The van der Waals surface area contributed by atoms with Crippen LogP contribution >= 0.6 is 0 Å². The molecule has 54 valence electrons. The van der Waals surface area contributed by atoms with Gasteiger partial charge in [0.2, 0.25) is 5.88 Å². The average molecular weight is 158 g/mol. The minimum Gasteiger partial charge on any atom is -0.108 e. The molecule has 0 aliphatic rings. The molecule has 0 radical (unpaired) electrons. The molecule has 0 heterocycles. The number of halogens is 1. The molecule has 0 saturated carbocycles. The van der Waals surface area contributed by atoms with E-state index in [0.717, 1.165) is 5.88 Å². The summed E-state index contributed by atoms with van der Waals surface area (Å²) in [5.74, 6) is 0.872. The molecule has 0 N–H and O–H groups in total. The molecule has 2 heteroatoms. The van der Waals surface area contributed by atoms with Gasteiger partial charge < -0.3 is 0 Å². The summed E-state index contributed by atoms with van der Waals surface area (Å²) < 4.78 is 4.81. The molecule has 0 spiro atoms. The Balaban J connectivity index is 2.43. The van der Waals surface area contributed by atoms with E-state index >= 15 is 0 Å². The van der Waals surface area contributed by atoms with Crippen molar-refractivity contribution in [2.45, 2.75) is 5.88 Å². The standard InChI is InChI=1S/C8H10ClO/c1-10-9-7-8-5-3-2-4-6-8/h2-6H,7H2,1H3/q+1. The lowest BCUT2D eigenvalue weighted by molar-refractivity contribution is -0.901. The van der Waals surface area contributed by atoms with Gasteiger partial charge in [0.1, 0.15) is 7.11 Å². The lowest BCUT2D eigenvalue weighted by atomic mass is 10.2. The predicted octanol–water partition coefficient (Wildman–Crippen LogP) is 1.83. The molecule has 1 nitrogen and oxygen atoms in total. The molecule has 1 rings (SSSR count). The first-order chi connectivity index (χ1) is 4.93. The highest BCUT2D eigenvalue weighted by Gasteiger charge is 2.03. The van der Waals surface area contributed by atoms with Crippen LogP contribution in [0.25, 0.3) is 0 Å². The first-order valence-electron chi connectivity index (χ1n) is 3.09. The van der Waals surface area contributed by atoms with Crippen LogP contribution in [0, 0.1) is 11.1 Å². The highest BCUT2D eigenvalue weighted by Crippen LogP contribution is 1.99. The van der Waals surface area contributed by atoms with Crippen molar-refractivity contribution < 1.29 is 15.3 Å². The topological polar surface area (TPSA) is 9.23 Å². The molecule has 0 aromatic heterocycles. The molecule has 0 unspecified atom stereocenters. The Bertz CT molecular complexity index is 174. The van der Waals surface area contributed by atoms with Crippen molar-refractivity contribution in [2.24, 2.45) is 0 Å². The first-order valence-corrected chi connectivity index (χ1v) is 3.94. The van der Waals surface area contributed by atoms with Gasteiger partial charge in [-0.1, -0.05) is 30.3 Å². The summed E-state index contributed by atoms with van der Waals surface area (Å²) >= 11 is 1.90. The molecular weight excluding hydrogens is 148 g/mol. The minimum absolute atomic E-state index is 0.872. The zero-order valence-corrected chi connectivity index (χ0v) is 6.64. The smallest absolute Gasteiger partial charge is 0.108 e. The molecule has 10 heavy (non-hydrogen) atoms. The molecule has 0 bridgehead atoms. The van der Waals surface area contributed by atoms with Gasteiger partial charge >= 0.3 is 11.1 Å². The van der Waals surface area contributed by atoms with Crippen LogP contribution in [0.1, 0.15) is 5.56 Å². The van der Waals surface area contributed by atoms with Crippen molar-refractivity contribution in [1.82, 2.24) is 0 Å². The highest BCUT2D eigenvalue weighted by molar-refractivity contribution is 5.12. The Hall–Kier alpha value is -0.530. The van der Waals surface area contributed by atoms with Crippen molar-refractivity contribution in [3.05, 3.63) is 35.9 Å². The third-order valence-electron chi connectivity index (χ3n) is 1.16. The van der Waals surface area contributed by atoms with Crippen molar-refractivity contribution in [1.29, 1.82) is 0 Å². The van der Waals surface area contributed by atoms with Crippen LogP contribution in [0.15, 0.2) is 30.3 Å². The van der Waals surface area contributed by atoms with Gasteiger partial charge in [0.15, 0.2) is 0 Å². The van der Waals surface area contributed by atoms with E-state index in [2.05, 4.69) is 12.1 Å². The molecule has 0 fully saturated rings. The largest absolute Gasteiger partial charge is 0.337 e. The lowest BCUT2D eigenvalue weighted by Gasteiger charge is -1.85. The molecule has 1 aromatic carbocycles. The molecule has 0 amide bonds. The third kappa shape index (κ3) is 2.38. The molecule has 0 aliphatic heterocycles. The van der Waals surface area contributed by atoms with Crippen molar-refractivity contribution >= 4 is 0 Å². The van der Waals surface area contributed by atoms with Gasteiger partial charge in [0.05, 0.1) is 0 Å². The Morgan fingerprint density at radius 2 is 2.00 bits per heavy atom. The van der Waals surface area contributed by atoms with Gasteiger partial charge in [0.25, 0.3) is 0 Å². The van der Waals surface area contributed by atoms with E-state index in [0.29, 0.717) is 0 Å². The van der Waals surface area contributed by atoms with E-state index in [4.69, 9.17) is 4.29 Å². The van der Waals surface area contributed by atoms with E-state index < -0.39 is 0 Å². The normalized spacial score (nSPS) is 9.70. The maximum atomic E-state index is 4.81. The van der Waals surface area contributed by atoms with E-state index in [1.807, 2.05) is 29.3 Å². The van der Waals surface area contributed by atoms with Crippen LogP contribution in [0.5, 0.6) is 0 Å². The van der Waals surface area contributed by atoms with Gasteiger partial charge in [-0.25, -0.2) is 0 Å². The number of alkyl halides is 1.